The van der Waals surface area contributed by atoms with E-state index in [1.807, 2.05) is 7.05 Å². The van der Waals surface area contributed by atoms with Crippen LogP contribution in [0.3, 0.4) is 0 Å². The molecule has 0 amide bonds. The fraction of sp³-hybridized carbons (Fsp3) is 0.692. The Morgan fingerprint density at radius 2 is 2.36 bits per heavy atom. The Balaban J connectivity index is 2.23. The van der Waals surface area contributed by atoms with Crippen LogP contribution in [0.2, 0.25) is 0 Å². The molecule has 0 aromatic carbocycles. The second-order valence-electron chi connectivity index (χ2n) is 5.26. The maximum Gasteiger partial charge on any atom is 0.342 e. The highest BCUT2D eigenvalue weighted by molar-refractivity contribution is 7.89. The molecule has 22 heavy (non-hydrogen) atoms. The minimum absolute atomic E-state index is 0.0439. The Bertz CT molecular complexity index is 611. The number of ether oxygens (including phenoxy) is 1. The van der Waals surface area contributed by atoms with E-state index < -0.39 is 16.0 Å². The minimum atomic E-state index is -3.78. The van der Waals surface area contributed by atoms with E-state index in [4.69, 9.17) is 4.74 Å². The molecule has 1 atom stereocenters. The first-order valence-corrected chi connectivity index (χ1v) is 8.80. The first kappa shape index (κ1) is 16.9. The van der Waals surface area contributed by atoms with Crippen molar-refractivity contribution >= 4 is 16.0 Å². The molecule has 0 spiro atoms. The molecule has 1 saturated heterocycles. The van der Waals surface area contributed by atoms with Gasteiger partial charge in [0.25, 0.3) is 10.0 Å². The van der Waals surface area contributed by atoms with Crippen molar-refractivity contribution in [3.63, 3.8) is 0 Å². The molecule has 2 rings (SSSR count). The van der Waals surface area contributed by atoms with E-state index in [2.05, 4.69) is 15.5 Å². The number of carbonyl (C=O) groups excluding carboxylic acids is 1. The lowest BCUT2D eigenvalue weighted by atomic mass is 10.00. The quantitative estimate of drug-likeness (QED) is 0.722. The average Bonchev–Trinajstić information content (AvgIpc) is 2.98. The summed E-state index contributed by atoms with van der Waals surface area (Å²) in [4.78, 5) is 11.8. The maximum absolute atomic E-state index is 12.8. The molecule has 9 heteroatoms. The third-order valence-corrected chi connectivity index (χ3v) is 5.51. The molecule has 2 heterocycles. The summed E-state index contributed by atoms with van der Waals surface area (Å²) in [7, 11) is -1.93. The standard InChI is InChI=1S/C13H22N4O4S/c1-3-21-13(18)11-8-15-16-12(11)22(19,20)17-6-4-5-10(9-17)7-14-2/h8,10,14H,3-7,9H2,1-2H3,(H,15,16). The number of aromatic amines is 1. The zero-order valence-corrected chi connectivity index (χ0v) is 13.6. The number of H-pyrrole nitrogens is 1. The van der Waals surface area contributed by atoms with Gasteiger partial charge in [-0.2, -0.15) is 9.40 Å². The fourth-order valence-corrected chi connectivity index (χ4v) is 4.27. The Morgan fingerprint density at radius 3 is 3.05 bits per heavy atom. The van der Waals surface area contributed by atoms with Crippen LogP contribution in [0.5, 0.6) is 0 Å². The maximum atomic E-state index is 12.8. The van der Waals surface area contributed by atoms with Crippen molar-refractivity contribution in [2.24, 2.45) is 5.92 Å². The van der Waals surface area contributed by atoms with E-state index in [0.29, 0.717) is 13.1 Å². The van der Waals surface area contributed by atoms with Crippen molar-refractivity contribution in [3.8, 4) is 0 Å². The number of nitrogens with zero attached hydrogens (tertiary/aromatic N) is 2. The highest BCUT2D eigenvalue weighted by Crippen LogP contribution is 2.24. The molecule has 2 N–H and O–H groups in total. The Labute approximate surface area is 130 Å². The largest absolute Gasteiger partial charge is 0.462 e. The molecular weight excluding hydrogens is 308 g/mol. The second kappa shape index (κ2) is 7.21. The third-order valence-electron chi connectivity index (χ3n) is 3.67. The first-order chi connectivity index (χ1) is 10.5. The summed E-state index contributed by atoms with van der Waals surface area (Å²) in [5.74, 6) is -0.416. The summed E-state index contributed by atoms with van der Waals surface area (Å²) in [6, 6.07) is 0. The number of hydrogen-bond acceptors (Lipinski definition) is 6. The van der Waals surface area contributed by atoms with E-state index in [-0.39, 0.29) is 23.1 Å². The summed E-state index contributed by atoms with van der Waals surface area (Å²) < 4.78 is 31.8. The number of piperidine rings is 1. The van der Waals surface area contributed by atoms with E-state index in [0.717, 1.165) is 19.4 Å². The molecule has 0 radical (unpaired) electrons. The molecule has 0 bridgehead atoms. The molecule has 1 aromatic heterocycles. The van der Waals surface area contributed by atoms with Crippen molar-refractivity contribution in [2.75, 3.05) is 33.3 Å². The third kappa shape index (κ3) is 3.47. The number of carbonyl (C=O) groups is 1. The monoisotopic (exact) mass is 330 g/mol. The van der Waals surface area contributed by atoms with Gasteiger partial charge in [-0.3, -0.25) is 5.10 Å². The van der Waals surface area contributed by atoms with Crippen LogP contribution in [0.1, 0.15) is 30.1 Å². The zero-order chi connectivity index (χ0) is 16.2. The molecular formula is C13H22N4O4S. The van der Waals surface area contributed by atoms with Crippen LogP contribution < -0.4 is 5.32 Å². The summed E-state index contributed by atoms with van der Waals surface area (Å²) >= 11 is 0. The highest BCUT2D eigenvalue weighted by Gasteiger charge is 2.34. The molecule has 1 aromatic rings. The lowest BCUT2D eigenvalue weighted by Gasteiger charge is -2.31. The van der Waals surface area contributed by atoms with Gasteiger partial charge in [0, 0.05) is 13.1 Å². The van der Waals surface area contributed by atoms with Gasteiger partial charge in [0.05, 0.1) is 12.8 Å². The van der Waals surface area contributed by atoms with Crippen LogP contribution in [0.15, 0.2) is 11.2 Å². The van der Waals surface area contributed by atoms with Gasteiger partial charge in [0.15, 0.2) is 5.03 Å². The van der Waals surface area contributed by atoms with E-state index >= 15 is 0 Å². The molecule has 1 aliphatic rings. The molecule has 0 saturated carbocycles. The van der Waals surface area contributed by atoms with Crippen LogP contribution in [-0.2, 0) is 14.8 Å². The van der Waals surface area contributed by atoms with Crippen molar-refractivity contribution in [1.82, 2.24) is 19.8 Å². The van der Waals surface area contributed by atoms with Gasteiger partial charge in [-0.05, 0) is 39.3 Å². The number of aromatic nitrogens is 2. The van der Waals surface area contributed by atoms with Gasteiger partial charge in [0.1, 0.15) is 5.56 Å². The minimum Gasteiger partial charge on any atom is -0.462 e. The summed E-state index contributed by atoms with van der Waals surface area (Å²) in [5.41, 5.74) is -0.0439. The van der Waals surface area contributed by atoms with Crippen LogP contribution in [0.25, 0.3) is 0 Å². The van der Waals surface area contributed by atoms with Crippen molar-refractivity contribution in [3.05, 3.63) is 11.8 Å². The Morgan fingerprint density at radius 1 is 1.59 bits per heavy atom. The predicted octanol–water partition coefficient (Wildman–Crippen LogP) is 0.207. The SMILES string of the molecule is CCOC(=O)c1cn[nH]c1S(=O)(=O)N1CCCC(CNC)C1. The Hall–Kier alpha value is -1.45. The number of sulfonamides is 1. The molecule has 1 unspecified atom stereocenters. The van der Waals surface area contributed by atoms with Gasteiger partial charge in [-0.1, -0.05) is 0 Å². The fourth-order valence-electron chi connectivity index (χ4n) is 2.65. The van der Waals surface area contributed by atoms with Gasteiger partial charge < -0.3 is 10.1 Å². The van der Waals surface area contributed by atoms with E-state index in [1.54, 1.807) is 6.92 Å². The number of hydrogen-bond donors (Lipinski definition) is 2. The van der Waals surface area contributed by atoms with Crippen molar-refractivity contribution < 1.29 is 17.9 Å². The van der Waals surface area contributed by atoms with Crippen LogP contribution in [-0.4, -0.2) is 62.2 Å². The molecule has 1 fully saturated rings. The second-order valence-corrected chi connectivity index (χ2v) is 7.14. The van der Waals surface area contributed by atoms with Gasteiger partial charge in [0.2, 0.25) is 0 Å². The highest BCUT2D eigenvalue weighted by atomic mass is 32.2. The van der Waals surface area contributed by atoms with Crippen LogP contribution >= 0.6 is 0 Å². The van der Waals surface area contributed by atoms with Crippen molar-refractivity contribution in [1.29, 1.82) is 0 Å². The topological polar surface area (TPSA) is 104 Å². The average molecular weight is 330 g/mol. The predicted molar refractivity (Wildman–Crippen MR) is 80.0 cm³/mol. The molecule has 1 aliphatic heterocycles. The summed E-state index contributed by atoms with van der Waals surface area (Å²) in [6.45, 7) is 3.49. The normalized spacial score (nSPS) is 20.0. The summed E-state index contributed by atoms with van der Waals surface area (Å²) in [5, 5.41) is 9.02. The lowest BCUT2D eigenvalue weighted by Crippen LogP contribution is -2.42. The zero-order valence-electron chi connectivity index (χ0n) is 12.8. The van der Waals surface area contributed by atoms with E-state index in [9.17, 15) is 13.2 Å². The van der Waals surface area contributed by atoms with Crippen molar-refractivity contribution in [2.45, 2.75) is 24.8 Å². The first-order valence-electron chi connectivity index (χ1n) is 7.36. The number of esters is 1. The van der Waals surface area contributed by atoms with Gasteiger partial charge in [-0.25, -0.2) is 13.2 Å². The number of rotatable bonds is 6. The van der Waals surface area contributed by atoms with Gasteiger partial charge in [-0.15, -0.1) is 0 Å². The lowest BCUT2D eigenvalue weighted by molar-refractivity contribution is 0.0521. The number of nitrogens with one attached hydrogen (secondary N) is 2. The summed E-state index contributed by atoms with van der Waals surface area (Å²) in [6.07, 6.45) is 2.98. The van der Waals surface area contributed by atoms with Crippen LogP contribution in [0.4, 0.5) is 0 Å². The van der Waals surface area contributed by atoms with Gasteiger partial charge >= 0.3 is 5.97 Å². The smallest absolute Gasteiger partial charge is 0.342 e. The molecule has 8 nitrogen and oxygen atoms in total. The molecule has 0 aliphatic carbocycles. The molecule has 124 valence electrons. The van der Waals surface area contributed by atoms with E-state index in [1.165, 1.54) is 10.5 Å². The Kier molecular flexibility index (Phi) is 5.54. The van der Waals surface area contributed by atoms with Crippen LogP contribution in [0, 0.1) is 5.92 Å².